The second-order valence-electron chi connectivity index (χ2n) is 6.37. The van der Waals surface area contributed by atoms with E-state index in [4.69, 9.17) is 5.11 Å². The molecular weight excluding hydrogens is 370 g/mol. The van der Waals surface area contributed by atoms with Crippen molar-refractivity contribution in [3.05, 3.63) is 89.5 Å². The zero-order valence-electron chi connectivity index (χ0n) is 15.6. The van der Waals surface area contributed by atoms with E-state index >= 15 is 0 Å². The lowest BCUT2D eigenvalue weighted by Gasteiger charge is -2.10. The first-order chi connectivity index (χ1) is 13.9. The van der Waals surface area contributed by atoms with Gasteiger partial charge in [0.25, 0.3) is 5.91 Å². The fourth-order valence-electron chi connectivity index (χ4n) is 2.69. The number of hydrogen-bond donors (Lipinski definition) is 4. The molecule has 3 amide bonds. The summed E-state index contributed by atoms with van der Waals surface area (Å²) < 4.78 is 0. The molecule has 7 heteroatoms. The van der Waals surface area contributed by atoms with Gasteiger partial charge in [-0.1, -0.05) is 29.8 Å². The Balaban J connectivity index is 1.65. The molecule has 29 heavy (non-hydrogen) atoms. The molecule has 0 unspecified atom stereocenters. The van der Waals surface area contributed by atoms with Crippen LogP contribution in [0, 0.1) is 6.92 Å². The number of nitrogens with one attached hydrogen (secondary N) is 3. The first kappa shape index (κ1) is 19.6. The van der Waals surface area contributed by atoms with Gasteiger partial charge in [-0.05, 0) is 55.5 Å². The highest BCUT2D eigenvalue weighted by molar-refractivity contribution is 6.05. The fraction of sp³-hybridized carbons (Fsp3) is 0.0455. The minimum atomic E-state index is -1.08. The largest absolute Gasteiger partial charge is 0.478 e. The van der Waals surface area contributed by atoms with E-state index < -0.39 is 12.0 Å². The SMILES string of the molecule is Cc1cccc(C(=O)Nc2cccc(NC(=O)Nc3cccc(C(=O)O)c3)c2)c1. The van der Waals surface area contributed by atoms with Gasteiger partial charge < -0.3 is 21.1 Å². The highest BCUT2D eigenvalue weighted by atomic mass is 16.4. The lowest BCUT2D eigenvalue weighted by atomic mass is 10.1. The van der Waals surface area contributed by atoms with Crippen LogP contribution in [0.4, 0.5) is 21.9 Å². The van der Waals surface area contributed by atoms with Crippen LogP contribution in [0.3, 0.4) is 0 Å². The number of anilines is 3. The summed E-state index contributed by atoms with van der Waals surface area (Å²) in [4.78, 5) is 35.6. The zero-order valence-corrected chi connectivity index (χ0v) is 15.6. The van der Waals surface area contributed by atoms with E-state index in [0.29, 0.717) is 22.6 Å². The third-order valence-electron chi connectivity index (χ3n) is 4.03. The quantitative estimate of drug-likeness (QED) is 0.512. The van der Waals surface area contributed by atoms with E-state index in [1.807, 2.05) is 19.1 Å². The Morgan fingerprint density at radius 2 is 1.24 bits per heavy atom. The molecule has 0 fully saturated rings. The number of benzene rings is 3. The number of rotatable bonds is 5. The molecule has 146 valence electrons. The van der Waals surface area contributed by atoms with Crippen molar-refractivity contribution in [2.75, 3.05) is 16.0 Å². The maximum atomic E-state index is 12.4. The Labute approximate surface area is 167 Å². The van der Waals surface area contributed by atoms with Gasteiger partial charge in [0.05, 0.1) is 5.56 Å². The first-order valence-corrected chi connectivity index (χ1v) is 8.80. The molecular formula is C22H19N3O4. The van der Waals surface area contributed by atoms with Gasteiger partial charge in [0.2, 0.25) is 0 Å². The normalized spacial score (nSPS) is 10.1. The summed E-state index contributed by atoms with van der Waals surface area (Å²) in [5.41, 5.74) is 2.95. The van der Waals surface area contributed by atoms with Gasteiger partial charge in [0.1, 0.15) is 0 Å². The number of carbonyl (C=O) groups is 3. The highest BCUT2D eigenvalue weighted by Gasteiger charge is 2.09. The average molecular weight is 389 g/mol. The fourth-order valence-corrected chi connectivity index (χ4v) is 2.69. The van der Waals surface area contributed by atoms with E-state index in [-0.39, 0.29) is 11.5 Å². The maximum absolute atomic E-state index is 12.4. The lowest BCUT2D eigenvalue weighted by molar-refractivity contribution is 0.0696. The Hall–Kier alpha value is -4.13. The van der Waals surface area contributed by atoms with E-state index in [1.165, 1.54) is 12.1 Å². The third-order valence-corrected chi connectivity index (χ3v) is 4.03. The van der Waals surface area contributed by atoms with Gasteiger partial charge in [0.15, 0.2) is 0 Å². The molecule has 0 heterocycles. The molecule has 0 saturated heterocycles. The summed E-state index contributed by atoms with van der Waals surface area (Å²) >= 11 is 0. The van der Waals surface area contributed by atoms with Gasteiger partial charge in [-0.15, -0.1) is 0 Å². The van der Waals surface area contributed by atoms with Crippen LogP contribution in [0.15, 0.2) is 72.8 Å². The van der Waals surface area contributed by atoms with Crippen LogP contribution < -0.4 is 16.0 Å². The minimum Gasteiger partial charge on any atom is -0.478 e. The number of carbonyl (C=O) groups excluding carboxylic acids is 2. The molecule has 0 saturated carbocycles. The maximum Gasteiger partial charge on any atom is 0.335 e. The molecule has 4 N–H and O–H groups in total. The summed E-state index contributed by atoms with van der Waals surface area (Å²) in [5.74, 6) is -1.33. The number of hydrogen-bond acceptors (Lipinski definition) is 3. The number of urea groups is 1. The van der Waals surface area contributed by atoms with Crippen LogP contribution in [0.25, 0.3) is 0 Å². The molecule has 3 aromatic carbocycles. The van der Waals surface area contributed by atoms with Crippen LogP contribution in [-0.4, -0.2) is 23.0 Å². The van der Waals surface area contributed by atoms with Crippen LogP contribution in [-0.2, 0) is 0 Å². The molecule has 0 aliphatic rings. The lowest BCUT2D eigenvalue weighted by Crippen LogP contribution is -2.20. The smallest absolute Gasteiger partial charge is 0.335 e. The summed E-state index contributed by atoms with van der Waals surface area (Å²) in [7, 11) is 0. The highest BCUT2D eigenvalue weighted by Crippen LogP contribution is 2.17. The van der Waals surface area contributed by atoms with E-state index in [1.54, 1.807) is 48.5 Å². The Morgan fingerprint density at radius 3 is 1.90 bits per heavy atom. The Bertz CT molecular complexity index is 1080. The van der Waals surface area contributed by atoms with Crippen molar-refractivity contribution >= 4 is 35.0 Å². The summed E-state index contributed by atoms with van der Waals surface area (Å²) in [6.07, 6.45) is 0. The number of amides is 3. The van der Waals surface area contributed by atoms with Crippen LogP contribution in [0.2, 0.25) is 0 Å². The van der Waals surface area contributed by atoms with Crippen molar-refractivity contribution in [2.45, 2.75) is 6.92 Å². The van der Waals surface area contributed by atoms with E-state index in [9.17, 15) is 14.4 Å². The van der Waals surface area contributed by atoms with Crippen molar-refractivity contribution in [1.29, 1.82) is 0 Å². The third kappa shape index (κ3) is 5.43. The summed E-state index contributed by atoms with van der Waals surface area (Å²) in [5, 5.41) is 17.0. The molecule has 3 rings (SSSR count). The number of carboxylic acid groups (broad SMARTS) is 1. The minimum absolute atomic E-state index is 0.0728. The second-order valence-corrected chi connectivity index (χ2v) is 6.37. The van der Waals surface area contributed by atoms with Gasteiger partial charge in [-0.3, -0.25) is 4.79 Å². The molecule has 0 atom stereocenters. The van der Waals surface area contributed by atoms with Crippen molar-refractivity contribution < 1.29 is 19.5 Å². The van der Waals surface area contributed by atoms with E-state index in [2.05, 4.69) is 16.0 Å². The standard InChI is InChI=1S/C22H19N3O4/c1-14-5-2-6-15(11-14)20(26)23-18-9-4-10-19(13-18)25-22(29)24-17-8-3-7-16(12-17)21(27)28/h2-13H,1H3,(H,23,26)(H,27,28)(H2,24,25,29). The molecule has 0 radical (unpaired) electrons. The van der Waals surface area contributed by atoms with Crippen LogP contribution in [0.1, 0.15) is 26.3 Å². The Morgan fingerprint density at radius 1 is 0.690 bits per heavy atom. The summed E-state index contributed by atoms with van der Waals surface area (Å²) in [6.45, 7) is 1.91. The van der Waals surface area contributed by atoms with Crippen molar-refractivity contribution in [1.82, 2.24) is 0 Å². The van der Waals surface area contributed by atoms with E-state index in [0.717, 1.165) is 5.56 Å². The van der Waals surface area contributed by atoms with Gasteiger partial charge in [-0.2, -0.15) is 0 Å². The first-order valence-electron chi connectivity index (χ1n) is 8.80. The predicted octanol–water partition coefficient (Wildman–Crippen LogP) is 4.59. The molecule has 0 aliphatic carbocycles. The van der Waals surface area contributed by atoms with Crippen LogP contribution in [0.5, 0.6) is 0 Å². The predicted molar refractivity (Wildman–Crippen MR) is 112 cm³/mol. The number of aromatic carboxylic acids is 1. The molecule has 3 aromatic rings. The topological polar surface area (TPSA) is 108 Å². The van der Waals surface area contributed by atoms with Crippen molar-refractivity contribution in [3.8, 4) is 0 Å². The second kappa shape index (κ2) is 8.71. The molecule has 0 spiro atoms. The molecule has 0 aromatic heterocycles. The van der Waals surface area contributed by atoms with Crippen molar-refractivity contribution in [2.24, 2.45) is 0 Å². The molecule has 7 nitrogen and oxygen atoms in total. The zero-order chi connectivity index (χ0) is 20.8. The van der Waals surface area contributed by atoms with Crippen LogP contribution >= 0.6 is 0 Å². The number of carboxylic acids is 1. The molecule has 0 aliphatic heterocycles. The van der Waals surface area contributed by atoms with Gasteiger partial charge in [-0.25, -0.2) is 9.59 Å². The van der Waals surface area contributed by atoms with Crippen molar-refractivity contribution in [3.63, 3.8) is 0 Å². The number of aryl methyl sites for hydroxylation is 1. The van der Waals surface area contributed by atoms with Gasteiger partial charge >= 0.3 is 12.0 Å². The van der Waals surface area contributed by atoms with Gasteiger partial charge in [0, 0.05) is 22.6 Å². The Kier molecular flexibility index (Phi) is 5.89. The monoisotopic (exact) mass is 389 g/mol. The molecule has 0 bridgehead atoms. The summed E-state index contributed by atoms with van der Waals surface area (Å²) in [6, 6.07) is 19.3. The average Bonchev–Trinajstić information content (AvgIpc) is 2.68.